The standard InChI is InChI=1S/C40H34N2O5/c1-2-12-37-41-34-25-29(21-24-35(34)46-37)27-45-33-22-19-28(20-23-33)26-36-38(43)42(39(44)47-36)40(30-13-6-3-7-14-30,31-15-8-4-9-16-31)32-17-10-5-11-18-32/h3-11,13-25,36H,2,12,26-27H2,1H3. The van der Waals surface area contributed by atoms with Crippen LogP contribution in [0.1, 0.15) is 47.1 Å². The smallest absolute Gasteiger partial charge is 0.418 e. The largest absolute Gasteiger partial charge is 0.489 e. The minimum Gasteiger partial charge on any atom is -0.489 e. The van der Waals surface area contributed by atoms with E-state index in [-0.39, 0.29) is 6.42 Å². The van der Waals surface area contributed by atoms with Crippen LogP contribution in [-0.2, 0) is 34.5 Å². The summed E-state index contributed by atoms with van der Waals surface area (Å²) in [6.45, 7) is 2.47. The van der Waals surface area contributed by atoms with Crippen molar-refractivity contribution in [3.63, 3.8) is 0 Å². The Bertz CT molecular complexity index is 1890. The first-order valence-corrected chi connectivity index (χ1v) is 15.9. The van der Waals surface area contributed by atoms with Crippen LogP contribution in [0, 0.1) is 0 Å². The number of rotatable bonds is 11. The summed E-state index contributed by atoms with van der Waals surface area (Å²) in [6, 6.07) is 42.3. The quantitative estimate of drug-likeness (QED) is 0.135. The molecule has 7 heteroatoms. The summed E-state index contributed by atoms with van der Waals surface area (Å²) < 4.78 is 17.7. The van der Waals surface area contributed by atoms with Gasteiger partial charge in [0.2, 0.25) is 0 Å². The second-order valence-electron chi connectivity index (χ2n) is 11.7. The highest BCUT2D eigenvalue weighted by Gasteiger charge is 2.55. The highest BCUT2D eigenvalue weighted by molar-refractivity contribution is 6.02. The maximum absolute atomic E-state index is 14.3. The minimum absolute atomic E-state index is 0.235. The van der Waals surface area contributed by atoms with Crippen molar-refractivity contribution in [2.24, 2.45) is 0 Å². The first-order valence-electron chi connectivity index (χ1n) is 15.9. The lowest BCUT2D eigenvalue weighted by Gasteiger charge is -2.40. The van der Waals surface area contributed by atoms with E-state index in [0.717, 1.165) is 57.6 Å². The number of benzene rings is 5. The molecule has 0 N–H and O–H groups in total. The molecule has 0 aliphatic carbocycles. The van der Waals surface area contributed by atoms with Crippen LogP contribution in [0.4, 0.5) is 4.79 Å². The third-order valence-corrected chi connectivity index (χ3v) is 8.54. The Morgan fingerprint density at radius 2 is 1.32 bits per heavy atom. The molecule has 1 aliphatic heterocycles. The number of hydrogen-bond acceptors (Lipinski definition) is 6. The number of oxazole rings is 1. The zero-order valence-corrected chi connectivity index (χ0v) is 26.0. The summed E-state index contributed by atoms with van der Waals surface area (Å²) >= 11 is 0. The number of nitrogens with zero attached hydrogens (tertiary/aromatic N) is 2. The molecule has 0 bridgehead atoms. The van der Waals surface area contributed by atoms with Gasteiger partial charge in [0, 0.05) is 12.8 Å². The van der Waals surface area contributed by atoms with Crippen molar-refractivity contribution in [2.75, 3.05) is 0 Å². The summed E-state index contributed by atoms with van der Waals surface area (Å²) in [5.41, 5.74) is 4.57. The van der Waals surface area contributed by atoms with E-state index in [1.165, 1.54) is 4.90 Å². The Hall–Kier alpha value is -5.69. The van der Waals surface area contributed by atoms with E-state index >= 15 is 0 Å². The zero-order chi connectivity index (χ0) is 32.2. The van der Waals surface area contributed by atoms with Gasteiger partial charge in [0.25, 0.3) is 5.91 Å². The molecule has 2 heterocycles. The molecule has 2 amide bonds. The van der Waals surface area contributed by atoms with Crippen molar-refractivity contribution >= 4 is 23.1 Å². The van der Waals surface area contributed by atoms with Crippen molar-refractivity contribution in [3.8, 4) is 5.75 Å². The van der Waals surface area contributed by atoms with Gasteiger partial charge in [-0.25, -0.2) is 14.7 Å². The van der Waals surface area contributed by atoms with Gasteiger partial charge in [0.05, 0.1) is 0 Å². The molecule has 1 atom stereocenters. The maximum atomic E-state index is 14.3. The number of cyclic esters (lactones) is 1. The van der Waals surface area contributed by atoms with Crippen LogP contribution < -0.4 is 4.74 Å². The molecule has 6 aromatic rings. The first kappa shape index (κ1) is 30.0. The summed E-state index contributed by atoms with van der Waals surface area (Å²) in [6.07, 6.45) is 0.368. The molecule has 47 heavy (non-hydrogen) atoms. The molecule has 1 aliphatic rings. The number of aryl methyl sites for hydroxylation is 1. The number of hydrogen-bond donors (Lipinski definition) is 0. The highest BCUT2D eigenvalue weighted by atomic mass is 16.6. The molecule has 0 radical (unpaired) electrons. The van der Waals surface area contributed by atoms with E-state index in [9.17, 15) is 9.59 Å². The molecule has 5 aromatic carbocycles. The van der Waals surface area contributed by atoms with Crippen LogP contribution in [0.5, 0.6) is 5.75 Å². The Labute approximate surface area is 273 Å². The van der Waals surface area contributed by atoms with Gasteiger partial charge in [-0.05, 0) is 58.5 Å². The summed E-state index contributed by atoms with van der Waals surface area (Å²) in [7, 11) is 0. The fraction of sp³-hybridized carbons (Fsp3) is 0.175. The van der Waals surface area contributed by atoms with Crippen LogP contribution in [-0.4, -0.2) is 28.0 Å². The first-order chi connectivity index (χ1) is 23.1. The zero-order valence-electron chi connectivity index (χ0n) is 26.0. The fourth-order valence-electron chi connectivity index (χ4n) is 6.35. The molecule has 1 aromatic heterocycles. The van der Waals surface area contributed by atoms with Gasteiger partial charge >= 0.3 is 6.09 Å². The van der Waals surface area contributed by atoms with Crippen molar-refractivity contribution in [3.05, 3.63) is 167 Å². The van der Waals surface area contributed by atoms with Crippen LogP contribution in [0.25, 0.3) is 11.1 Å². The van der Waals surface area contributed by atoms with Crippen molar-refractivity contribution in [2.45, 2.75) is 44.4 Å². The SMILES string of the molecule is CCCc1nc2cc(COc3ccc(CC4OC(=O)N(C(c5ccccc5)(c5ccccc5)c5ccccc5)C4=O)cc3)ccc2o1. The molecular formula is C40H34N2O5. The van der Waals surface area contributed by atoms with Crippen LogP contribution in [0.15, 0.2) is 138 Å². The molecule has 0 saturated carbocycles. The maximum Gasteiger partial charge on any atom is 0.418 e. The van der Waals surface area contributed by atoms with Gasteiger partial charge in [-0.15, -0.1) is 0 Å². The van der Waals surface area contributed by atoms with Crippen LogP contribution in [0.2, 0.25) is 0 Å². The van der Waals surface area contributed by atoms with Crippen LogP contribution in [0.3, 0.4) is 0 Å². The lowest BCUT2D eigenvalue weighted by atomic mass is 9.75. The Morgan fingerprint density at radius 1 is 0.745 bits per heavy atom. The van der Waals surface area contributed by atoms with E-state index in [1.54, 1.807) is 0 Å². The number of aromatic nitrogens is 1. The third-order valence-electron chi connectivity index (χ3n) is 8.54. The van der Waals surface area contributed by atoms with Crippen molar-refractivity contribution < 1.29 is 23.5 Å². The lowest BCUT2D eigenvalue weighted by Crippen LogP contribution is -2.51. The second kappa shape index (κ2) is 13.0. The van der Waals surface area contributed by atoms with Gasteiger partial charge in [-0.3, -0.25) is 4.79 Å². The van der Waals surface area contributed by atoms with Crippen molar-refractivity contribution in [1.29, 1.82) is 0 Å². The van der Waals surface area contributed by atoms with Gasteiger partial charge in [-0.2, -0.15) is 0 Å². The molecule has 7 nitrogen and oxygen atoms in total. The van der Waals surface area contributed by atoms with Crippen molar-refractivity contribution in [1.82, 2.24) is 9.88 Å². The number of imide groups is 1. The molecule has 1 saturated heterocycles. The van der Waals surface area contributed by atoms with Gasteiger partial charge in [-0.1, -0.05) is 116 Å². The second-order valence-corrected chi connectivity index (χ2v) is 11.7. The van der Waals surface area contributed by atoms with Gasteiger partial charge < -0.3 is 13.9 Å². The summed E-state index contributed by atoms with van der Waals surface area (Å²) in [5.74, 6) is 1.04. The van der Waals surface area contributed by atoms with E-state index in [2.05, 4.69) is 11.9 Å². The molecule has 1 fully saturated rings. The monoisotopic (exact) mass is 622 g/mol. The Balaban J connectivity index is 1.11. The molecular weight excluding hydrogens is 588 g/mol. The Kier molecular flexibility index (Phi) is 8.27. The Morgan fingerprint density at radius 3 is 1.89 bits per heavy atom. The van der Waals surface area contributed by atoms with Crippen LogP contribution >= 0.6 is 0 Å². The summed E-state index contributed by atoms with van der Waals surface area (Å²) in [4.78, 5) is 34.0. The molecule has 0 spiro atoms. The van der Waals surface area contributed by atoms with E-state index in [4.69, 9.17) is 13.9 Å². The number of ether oxygens (including phenoxy) is 2. The fourth-order valence-corrected chi connectivity index (χ4v) is 6.35. The highest BCUT2D eigenvalue weighted by Crippen LogP contribution is 2.45. The number of fused-ring (bicyclic) bond motifs is 1. The average Bonchev–Trinajstić information content (AvgIpc) is 3.65. The molecule has 234 valence electrons. The van der Waals surface area contributed by atoms with E-state index < -0.39 is 23.6 Å². The normalized spacial score (nSPS) is 14.8. The van der Waals surface area contributed by atoms with Gasteiger partial charge in [0.1, 0.15) is 23.4 Å². The summed E-state index contributed by atoms with van der Waals surface area (Å²) in [5, 5.41) is 0. The van der Waals surface area contributed by atoms with E-state index in [1.807, 2.05) is 133 Å². The number of carbonyl (C=O) groups is 2. The minimum atomic E-state index is -1.23. The third kappa shape index (κ3) is 5.76. The predicted molar refractivity (Wildman–Crippen MR) is 179 cm³/mol. The molecule has 7 rings (SSSR count). The topological polar surface area (TPSA) is 81.9 Å². The lowest BCUT2D eigenvalue weighted by molar-refractivity contribution is -0.132. The number of amides is 2. The molecule has 1 unspecified atom stereocenters. The predicted octanol–water partition coefficient (Wildman–Crippen LogP) is 8.24. The van der Waals surface area contributed by atoms with E-state index in [0.29, 0.717) is 12.4 Å². The number of carbonyl (C=O) groups excluding carboxylic acids is 2. The average molecular weight is 623 g/mol. The van der Waals surface area contributed by atoms with Gasteiger partial charge in [0.15, 0.2) is 17.6 Å².